The molecule has 0 saturated heterocycles. The Kier molecular flexibility index (Phi) is 4.80. The fourth-order valence-electron chi connectivity index (χ4n) is 2.83. The van der Waals surface area contributed by atoms with Crippen molar-refractivity contribution in [2.75, 3.05) is 13.6 Å². The second-order valence-electron chi connectivity index (χ2n) is 6.42. The van der Waals surface area contributed by atoms with E-state index in [0.29, 0.717) is 11.5 Å². The van der Waals surface area contributed by atoms with E-state index in [4.69, 9.17) is 0 Å². The lowest BCUT2D eigenvalue weighted by Crippen LogP contribution is -2.41. The van der Waals surface area contributed by atoms with Gasteiger partial charge >= 0.3 is 0 Å². The molecule has 0 bridgehead atoms. The fraction of sp³-hybridized carbons (Fsp3) is 0.929. The van der Waals surface area contributed by atoms with Gasteiger partial charge < -0.3 is 4.90 Å². The van der Waals surface area contributed by atoms with Crippen LogP contribution >= 0.6 is 0 Å². The summed E-state index contributed by atoms with van der Waals surface area (Å²) in [6.07, 6.45) is 6.12. The maximum atomic E-state index is 9.26. The third kappa shape index (κ3) is 4.14. The molecule has 2 nitrogen and oxygen atoms in total. The summed E-state index contributed by atoms with van der Waals surface area (Å²) >= 11 is 0. The van der Waals surface area contributed by atoms with Gasteiger partial charge in [-0.25, -0.2) is 0 Å². The van der Waals surface area contributed by atoms with Gasteiger partial charge in [0.2, 0.25) is 0 Å². The van der Waals surface area contributed by atoms with Crippen molar-refractivity contribution in [3.8, 4) is 6.07 Å². The summed E-state index contributed by atoms with van der Waals surface area (Å²) in [6.45, 7) is 7.88. The summed E-state index contributed by atoms with van der Waals surface area (Å²) in [7, 11) is 2.19. The topological polar surface area (TPSA) is 27.0 Å². The van der Waals surface area contributed by atoms with Gasteiger partial charge in [0.05, 0.1) is 12.0 Å². The molecule has 1 fully saturated rings. The highest BCUT2D eigenvalue weighted by molar-refractivity contribution is 4.94. The van der Waals surface area contributed by atoms with Crippen LogP contribution in [0.5, 0.6) is 0 Å². The Hall–Kier alpha value is -0.550. The van der Waals surface area contributed by atoms with E-state index < -0.39 is 0 Å². The lowest BCUT2D eigenvalue weighted by Gasteiger charge is -2.35. The first-order valence-electron chi connectivity index (χ1n) is 6.54. The largest absolute Gasteiger partial charge is 0.302 e. The molecule has 2 atom stereocenters. The first kappa shape index (κ1) is 13.5. The van der Waals surface area contributed by atoms with Crippen LogP contribution in [0.1, 0.15) is 52.9 Å². The normalized spacial score (nSPS) is 27.5. The molecule has 16 heavy (non-hydrogen) atoms. The van der Waals surface area contributed by atoms with E-state index in [-0.39, 0.29) is 5.92 Å². The Morgan fingerprint density at radius 3 is 2.38 bits per heavy atom. The molecule has 1 rings (SSSR count). The predicted octanol–water partition coefficient (Wildman–Crippen LogP) is 3.44. The zero-order valence-corrected chi connectivity index (χ0v) is 11.3. The molecule has 0 N–H and O–H groups in total. The molecule has 0 aromatic carbocycles. The van der Waals surface area contributed by atoms with Crippen LogP contribution in [0.4, 0.5) is 0 Å². The summed E-state index contributed by atoms with van der Waals surface area (Å²) in [5.74, 6) is 0.245. The summed E-state index contributed by atoms with van der Waals surface area (Å²) in [5.41, 5.74) is 0.320. The second-order valence-corrected chi connectivity index (χ2v) is 6.42. The van der Waals surface area contributed by atoms with Crippen LogP contribution in [-0.2, 0) is 0 Å². The van der Waals surface area contributed by atoms with E-state index in [1.54, 1.807) is 0 Å². The van der Waals surface area contributed by atoms with Crippen molar-refractivity contribution in [3.05, 3.63) is 0 Å². The third-order valence-electron chi connectivity index (χ3n) is 3.44. The monoisotopic (exact) mass is 222 g/mol. The van der Waals surface area contributed by atoms with Gasteiger partial charge in [0.15, 0.2) is 0 Å². The molecule has 0 spiro atoms. The summed E-state index contributed by atoms with van der Waals surface area (Å²) < 4.78 is 0. The van der Waals surface area contributed by atoms with Gasteiger partial charge in [-0.05, 0) is 25.3 Å². The number of hydrogen-bond donors (Lipinski definition) is 0. The number of hydrogen-bond acceptors (Lipinski definition) is 2. The SMILES string of the molecule is CN(CC(C)(C)C)C1CCCCCC1C#N. The minimum atomic E-state index is 0.245. The summed E-state index contributed by atoms with van der Waals surface area (Å²) in [5, 5.41) is 9.26. The minimum absolute atomic E-state index is 0.245. The van der Waals surface area contributed by atoms with E-state index in [0.717, 1.165) is 13.0 Å². The Morgan fingerprint density at radius 2 is 1.81 bits per heavy atom. The van der Waals surface area contributed by atoms with Gasteiger partial charge in [0.25, 0.3) is 0 Å². The number of nitrogens with zero attached hydrogens (tertiary/aromatic N) is 2. The molecule has 2 unspecified atom stereocenters. The van der Waals surface area contributed by atoms with E-state index in [9.17, 15) is 5.26 Å². The number of rotatable bonds is 2. The third-order valence-corrected chi connectivity index (χ3v) is 3.44. The van der Waals surface area contributed by atoms with Crippen molar-refractivity contribution in [2.24, 2.45) is 11.3 Å². The Morgan fingerprint density at radius 1 is 1.19 bits per heavy atom. The van der Waals surface area contributed by atoms with Crippen molar-refractivity contribution in [1.29, 1.82) is 5.26 Å². The molecule has 1 saturated carbocycles. The molecule has 0 amide bonds. The summed E-state index contributed by atoms with van der Waals surface area (Å²) in [6, 6.07) is 3.00. The summed E-state index contributed by atoms with van der Waals surface area (Å²) in [4.78, 5) is 2.42. The molecule has 0 heterocycles. The van der Waals surface area contributed by atoms with Crippen molar-refractivity contribution in [2.45, 2.75) is 58.9 Å². The van der Waals surface area contributed by atoms with Crippen molar-refractivity contribution in [1.82, 2.24) is 4.90 Å². The van der Waals surface area contributed by atoms with Crippen molar-refractivity contribution < 1.29 is 0 Å². The van der Waals surface area contributed by atoms with Gasteiger partial charge in [-0.1, -0.05) is 40.0 Å². The van der Waals surface area contributed by atoms with Crippen LogP contribution in [0, 0.1) is 22.7 Å². The molecule has 0 radical (unpaired) electrons. The van der Waals surface area contributed by atoms with Gasteiger partial charge in [-0.3, -0.25) is 0 Å². The first-order chi connectivity index (χ1) is 7.44. The minimum Gasteiger partial charge on any atom is -0.302 e. The maximum absolute atomic E-state index is 9.26. The highest BCUT2D eigenvalue weighted by Gasteiger charge is 2.28. The quantitative estimate of drug-likeness (QED) is 0.669. The van der Waals surface area contributed by atoms with Crippen LogP contribution in [-0.4, -0.2) is 24.5 Å². The standard InChI is InChI=1S/C14H26N2/c1-14(2,3)11-16(4)13-9-7-5-6-8-12(13)10-15/h12-13H,5-9,11H2,1-4H3. The molecular weight excluding hydrogens is 196 g/mol. The zero-order valence-electron chi connectivity index (χ0n) is 11.3. The van der Waals surface area contributed by atoms with Crippen LogP contribution in [0.25, 0.3) is 0 Å². The molecule has 0 aromatic heterocycles. The van der Waals surface area contributed by atoms with Gasteiger partial charge in [-0.15, -0.1) is 0 Å². The molecule has 1 aliphatic carbocycles. The van der Waals surface area contributed by atoms with Gasteiger partial charge in [0.1, 0.15) is 0 Å². The van der Waals surface area contributed by atoms with Crippen LogP contribution in [0.3, 0.4) is 0 Å². The molecule has 92 valence electrons. The van der Waals surface area contributed by atoms with Crippen LogP contribution in [0.15, 0.2) is 0 Å². The highest BCUT2D eigenvalue weighted by Crippen LogP contribution is 2.28. The maximum Gasteiger partial charge on any atom is 0.0672 e. The predicted molar refractivity (Wildman–Crippen MR) is 68.1 cm³/mol. The van der Waals surface area contributed by atoms with Crippen LogP contribution < -0.4 is 0 Å². The lowest BCUT2D eigenvalue weighted by molar-refractivity contribution is 0.139. The number of nitriles is 1. The molecule has 2 heteroatoms. The average Bonchev–Trinajstić information content (AvgIpc) is 2.39. The highest BCUT2D eigenvalue weighted by atomic mass is 15.1. The van der Waals surface area contributed by atoms with E-state index in [1.165, 1.54) is 25.7 Å². The lowest BCUT2D eigenvalue weighted by atomic mass is 9.91. The Labute approximate surface area is 101 Å². The zero-order chi connectivity index (χ0) is 12.2. The van der Waals surface area contributed by atoms with E-state index >= 15 is 0 Å². The molecular formula is C14H26N2. The Bertz CT molecular complexity index is 246. The van der Waals surface area contributed by atoms with E-state index in [1.807, 2.05) is 0 Å². The average molecular weight is 222 g/mol. The molecule has 0 aromatic rings. The van der Waals surface area contributed by atoms with Gasteiger partial charge in [-0.2, -0.15) is 5.26 Å². The smallest absolute Gasteiger partial charge is 0.0672 e. The van der Waals surface area contributed by atoms with Crippen molar-refractivity contribution >= 4 is 0 Å². The van der Waals surface area contributed by atoms with E-state index in [2.05, 4.69) is 38.8 Å². The van der Waals surface area contributed by atoms with Crippen molar-refractivity contribution in [3.63, 3.8) is 0 Å². The molecule has 0 aliphatic heterocycles. The molecule has 1 aliphatic rings. The second kappa shape index (κ2) is 5.68. The fourth-order valence-corrected chi connectivity index (χ4v) is 2.83. The first-order valence-corrected chi connectivity index (χ1v) is 6.54. The Balaban J connectivity index is 2.63. The van der Waals surface area contributed by atoms with Crippen LogP contribution in [0.2, 0.25) is 0 Å². The van der Waals surface area contributed by atoms with Gasteiger partial charge in [0, 0.05) is 12.6 Å².